The molecule has 5 nitrogen and oxygen atoms in total. The molecule has 1 heterocycles. The first-order valence-corrected chi connectivity index (χ1v) is 6.72. The topological polar surface area (TPSA) is 56.6 Å². The van der Waals surface area contributed by atoms with Crippen molar-refractivity contribution in [3.05, 3.63) is 35.4 Å². The number of nitriles is 1. The Balaban J connectivity index is 1.86. The molecule has 0 saturated carbocycles. The van der Waals surface area contributed by atoms with Gasteiger partial charge in [0.05, 0.1) is 31.4 Å². The molecule has 0 bridgehead atoms. The van der Waals surface area contributed by atoms with Crippen molar-refractivity contribution in [2.75, 3.05) is 39.9 Å². The highest BCUT2D eigenvalue weighted by molar-refractivity contribution is 5.78. The van der Waals surface area contributed by atoms with Crippen molar-refractivity contribution in [3.8, 4) is 6.07 Å². The van der Waals surface area contributed by atoms with Crippen LogP contribution < -0.4 is 0 Å². The molecule has 5 heteroatoms. The fourth-order valence-corrected chi connectivity index (χ4v) is 2.25. The van der Waals surface area contributed by atoms with Gasteiger partial charge in [-0.25, -0.2) is 0 Å². The molecule has 0 aromatic heterocycles. The molecule has 20 heavy (non-hydrogen) atoms. The molecule has 0 N–H and O–H groups in total. The summed E-state index contributed by atoms with van der Waals surface area (Å²) in [4.78, 5) is 15.9. The molecule has 0 radical (unpaired) electrons. The Bertz CT molecular complexity index is 504. The van der Waals surface area contributed by atoms with E-state index >= 15 is 0 Å². The van der Waals surface area contributed by atoms with Crippen LogP contribution in [0.3, 0.4) is 0 Å². The van der Waals surface area contributed by atoms with Gasteiger partial charge in [0.25, 0.3) is 0 Å². The molecule has 1 saturated heterocycles. The number of carbonyl (C=O) groups is 1. The van der Waals surface area contributed by atoms with E-state index in [2.05, 4.69) is 6.07 Å². The number of rotatable bonds is 4. The molecule has 1 fully saturated rings. The zero-order chi connectivity index (χ0) is 14.4. The van der Waals surface area contributed by atoms with Gasteiger partial charge in [0, 0.05) is 19.6 Å². The van der Waals surface area contributed by atoms with Crippen molar-refractivity contribution in [3.63, 3.8) is 0 Å². The number of ether oxygens (including phenoxy) is 1. The number of hydrogen-bond donors (Lipinski definition) is 0. The second-order valence-electron chi connectivity index (χ2n) is 4.98. The zero-order valence-corrected chi connectivity index (χ0v) is 11.7. The van der Waals surface area contributed by atoms with Crippen LogP contribution >= 0.6 is 0 Å². The average molecular weight is 273 g/mol. The third-order valence-electron chi connectivity index (χ3n) is 3.28. The van der Waals surface area contributed by atoms with Gasteiger partial charge in [0.2, 0.25) is 5.91 Å². The number of carbonyl (C=O) groups excluding carboxylic acids is 1. The Hall–Kier alpha value is -1.90. The molecule has 0 aliphatic carbocycles. The monoisotopic (exact) mass is 273 g/mol. The first kappa shape index (κ1) is 14.5. The molecule has 0 atom stereocenters. The van der Waals surface area contributed by atoms with E-state index in [-0.39, 0.29) is 5.91 Å². The van der Waals surface area contributed by atoms with Gasteiger partial charge in [-0.3, -0.25) is 9.69 Å². The predicted octanol–water partition coefficient (Wildman–Crippen LogP) is 0.849. The van der Waals surface area contributed by atoms with Crippen LogP contribution in [0, 0.1) is 11.3 Å². The third-order valence-corrected chi connectivity index (χ3v) is 3.28. The van der Waals surface area contributed by atoms with E-state index in [1.54, 1.807) is 6.07 Å². The Kier molecular flexibility index (Phi) is 5.10. The van der Waals surface area contributed by atoms with Crippen LogP contribution in [0.25, 0.3) is 0 Å². The summed E-state index contributed by atoms with van der Waals surface area (Å²) in [7, 11) is 1.91. The number of nitrogens with zero attached hydrogens (tertiary/aromatic N) is 3. The molecule has 106 valence electrons. The largest absolute Gasteiger partial charge is 0.378 e. The Morgan fingerprint density at radius 2 is 2.20 bits per heavy atom. The Labute approximate surface area is 119 Å². The smallest absolute Gasteiger partial charge is 0.236 e. The third kappa shape index (κ3) is 4.05. The van der Waals surface area contributed by atoms with E-state index in [0.717, 1.165) is 5.56 Å². The van der Waals surface area contributed by atoms with Crippen LogP contribution in [0.5, 0.6) is 0 Å². The maximum atomic E-state index is 12.1. The first-order chi connectivity index (χ1) is 9.69. The van der Waals surface area contributed by atoms with E-state index in [9.17, 15) is 4.79 Å². The highest BCUT2D eigenvalue weighted by Gasteiger charge is 2.18. The highest BCUT2D eigenvalue weighted by atomic mass is 16.5. The minimum Gasteiger partial charge on any atom is -0.378 e. The highest BCUT2D eigenvalue weighted by Crippen LogP contribution is 2.07. The van der Waals surface area contributed by atoms with Crippen LogP contribution in [0.2, 0.25) is 0 Å². The quantitative estimate of drug-likeness (QED) is 0.816. The van der Waals surface area contributed by atoms with E-state index in [1.807, 2.05) is 35.0 Å². The van der Waals surface area contributed by atoms with Gasteiger partial charge in [0.1, 0.15) is 0 Å². The van der Waals surface area contributed by atoms with E-state index in [4.69, 9.17) is 10.00 Å². The first-order valence-electron chi connectivity index (χ1n) is 6.72. The maximum Gasteiger partial charge on any atom is 0.236 e. The summed E-state index contributed by atoms with van der Waals surface area (Å²) >= 11 is 0. The lowest BCUT2D eigenvalue weighted by Gasteiger charge is -2.28. The van der Waals surface area contributed by atoms with Gasteiger partial charge in [-0.2, -0.15) is 5.26 Å². The number of likely N-dealkylation sites (N-methyl/N-ethyl adjacent to an activating group) is 1. The second kappa shape index (κ2) is 7.04. The van der Waals surface area contributed by atoms with Gasteiger partial charge in [-0.15, -0.1) is 0 Å². The molecular weight excluding hydrogens is 254 g/mol. The molecule has 0 spiro atoms. The number of benzene rings is 1. The minimum absolute atomic E-state index is 0.132. The number of morpholine rings is 1. The van der Waals surface area contributed by atoms with E-state index in [1.165, 1.54) is 0 Å². The van der Waals surface area contributed by atoms with Crippen molar-refractivity contribution in [1.29, 1.82) is 5.26 Å². The molecule has 1 aromatic carbocycles. The lowest BCUT2D eigenvalue weighted by molar-refractivity contribution is -0.136. The lowest BCUT2D eigenvalue weighted by atomic mass is 10.1. The summed E-state index contributed by atoms with van der Waals surface area (Å²) in [6, 6.07) is 9.60. The minimum atomic E-state index is 0.132. The van der Waals surface area contributed by atoms with Crippen molar-refractivity contribution < 1.29 is 9.53 Å². The molecule has 1 amide bonds. The average Bonchev–Trinajstić information content (AvgIpc) is 2.48. The van der Waals surface area contributed by atoms with Gasteiger partial charge < -0.3 is 9.64 Å². The van der Waals surface area contributed by atoms with Gasteiger partial charge in [-0.05, 0) is 24.7 Å². The predicted molar refractivity (Wildman–Crippen MR) is 74.9 cm³/mol. The fraction of sp³-hybridized carbons (Fsp3) is 0.467. The second-order valence-corrected chi connectivity index (χ2v) is 4.98. The summed E-state index contributed by atoms with van der Waals surface area (Å²) < 4.78 is 5.24. The van der Waals surface area contributed by atoms with Crippen molar-refractivity contribution in [1.82, 2.24) is 9.80 Å². The van der Waals surface area contributed by atoms with Crippen LogP contribution in [-0.4, -0.2) is 55.6 Å². The number of hydrogen-bond acceptors (Lipinski definition) is 4. The van der Waals surface area contributed by atoms with Crippen LogP contribution in [0.15, 0.2) is 24.3 Å². The molecular formula is C15H19N3O2. The number of amides is 1. The summed E-state index contributed by atoms with van der Waals surface area (Å²) in [6.07, 6.45) is 0. The summed E-state index contributed by atoms with van der Waals surface area (Å²) in [6.45, 7) is 3.65. The normalized spacial score (nSPS) is 15.2. The molecule has 1 aromatic rings. The summed E-state index contributed by atoms with van der Waals surface area (Å²) in [5.41, 5.74) is 1.69. The van der Waals surface area contributed by atoms with Crippen molar-refractivity contribution in [2.45, 2.75) is 6.54 Å². The molecule has 0 unspecified atom stereocenters. The van der Waals surface area contributed by atoms with Gasteiger partial charge in [0.15, 0.2) is 0 Å². The SMILES string of the molecule is CN(CC(=O)N1CCOCC1)Cc1cccc(C#N)c1. The van der Waals surface area contributed by atoms with Crippen molar-refractivity contribution >= 4 is 5.91 Å². The van der Waals surface area contributed by atoms with Crippen LogP contribution in [-0.2, 0) is 16.1 Å². The van der Waals surface area contributed by atoms with Crippen LogP contribution in [0.1, 0.15) is 11.1 Å². The maximum absolute atomic E-state index is 12.1. The van der Waals surface area contributed by atoms with E-state index < -0.39 is 0 Å². The van der Waals surface area contributed by atoms with Crippen LogP contribution in [0.4, 0.5) is 0 Å². The van der Waals surface area contributed by atoms with Gasteiger partial charge >= 0.3 is 0 Å². The zero-order valence-electron chi connectivity index (χ0n) is 11.7. The van der Waals surface area contributed by atoms with Gasteiger partial charge in [-0.1, -0.05) is 12.1 Å². The summed E-state index contributed by atoms with van der Waals surface area (Å²) in [5.74, 6) is 0.132. The molecule has 2 rings (SSSR count). The standard InChI is InChI=1S/C15H19N3O2/c1-17(11-14-4-2-3-13(9-14)10-16)12-15(19)18-5-7-20-8-6-18/h2-4,9H,5-8,11-12H2,1H3. The molecule has 1 aliphatic rings. The Morgan fingerprint density at radius 3 is 2.90 bits per heavy atom. The van der Waals surface area contributed by atoms with E-state index in [0.29, 0.717) is 45.0 Å². The van der Waals surface area contributed by atoms with Crippen molar-refractivity contribution in [2.24, 2.45) is 0 Å². The summed E-state index contributed by atoms with van der Waals surface area (Å²) in [5, 5.41) is 8.88. The molecule has 1 aliphatic heterocycles. The lowest BCUT2D eigenvalue weighted by Crippen LogP contribution is -2.44. The fourth-order valence-electron chi connectivity index (χ4n) is 2.25. The Morgan fingerprint density at radius 1 is 1.45 bits per heavy atom.